The normalized spacial score (nSPS) is 10.2. The minimum atomic E-state index is 0.134. The van der Waals surface area contributed by atoms with Crippen LogP contribution < -0.4 is 5.32 Å². The van der Waals surface area contributed by atoms with Gasteiger partial charge in [-0.25, -0.2) is 0 Å². The van der Waals surface area contributed by atoms with Crippen LogP contribution in [-0.2, 0) is 11.2 Å². The summed E-state index contributed by atoms with van der Waals surface area (Å²) >= 11 is 3.52. The van der Waals surface area contributed by atoms with Gasteiger partial charge in [-0.3, -0.25) is 4.79 Å². The number of carbonyl (C=O) groups is 1. The molecule has 0 saturated carbocycles. The van der Waals surface area contributed by atoms with E-state index < -0.39 is 0 Å². The highest BCUT2D eigenvalue weighted by molar-refractivity contribution is 9.10. The average Bonchev–Trinajstić information content (AvgIpc) is 2.25. The van der Waals surface area contributed by atoms with Crippen LogP contribution in [0.25, 0.3) is 0 Å². The number of hydrogen-bond acceptors (Lipinski definition) is 1. The Morgan fingerprint density at radius 3 is 2.81 bits per heavy atom. The molecule has 0 atom stereocenters. The molecule has 0 fully saturated rings. The van der Waals surface area contributed by atoms with Crippen molar-refractivity contribution in [2.75, 3.05) is 6.54 Å². The van der Waals surface area contributed by atoms with Crippen LogP contribution in [0.3, 0.4) is 0 Å². The van der Waals surface area contributed by atoms with Crippen molar-refractivity contribution >= 4 is 21.8 Å². The van der Waals surface area contributed by atoms with Crippen LogP contribution in [-0.4, -0.2) is 12.5 Å². The quantitative estimate of drug-likeness (QED) is 0.883. The second kappa shape index (κ2) is 6.69. The van der Waals surface area contributed by atoms with Gasteiger partial charge >= 0.3 is 0 Å². The molecule has 0 aliphatic carbocycles. The van der Waals surface area contributed by atoms with Crippen LogP contribution >= 0.6 is 15.9 Å². The molecule has 3 heteroatoms. The van der Waals surface area contributed by atoms with Crippen molar-refractivity contribution in [3.05, 3.63) is 33.8 Å². The molecule has 1 N–H and O–H groups in total. The second-order valence-electron chi connectivity index (χ2n) is 3.94. The van der Waals surface area contributed by atoms with E-state index in [1.165, 1.54) is 11.1 Å². The molecule has 0 bridgehead atoms. The van der Waals surface area contributed by atoms with E-state index in [2.05, 4.69) is 53.3 Å². The maximum atomic E-state index is 11.4. The molecule has 1 rings (SSSR count). The Hall–Kier alpha value is -0.830. The number of hydrogen-bond donors (Lipinski definition) is 1. The Balaban J connectivity index is 2.45. The van der Waals surface area contributed by atoms with Gasteiger partial charge in [-0.05, 0) is 37.0 Å². The zero-order chi connectivity index (χ0) is 12.0. The lowest BCUT2D eigenvalue weighted by Gasteiger charge is -2.06. The Morgan fingerprint density at radius 2 is 2.19 bits per heavy atom. The van der Waals surface area contributed by atoms with Crippen LogP contribution in [0.5, 0.6) is 0 Å². The predicted molar refractivity (Wildman–Crippen MR) is 70.5 cm³/mol. The van der Waals surface area contributed by atoms with Crippen molar-refractivity contribution in [2.45, 2.75) is 33.1 Å². The van der Waals surface area contributed by atoms with E-state index in [9.17, 15) is 4.79 Å². The summed E-state index contributed by atoms with van der Waals surface area (Å²) in [6.45, 7) is 4.88. The largest absolute Gasteiger partial charge is 0.356 e. The Kier molecular flexibility index (Phi) is 5.53. The first-order chi connectivity index (χ1) is 7.63. The molecule has 0 aliphatic heterocycles. The first kappa shape index (κ1) is 13.2. The first-order valence-corrected chi connectivity index (χ1v) is 6.44. The summed E-state index contributed by atoms with van der Waals surface area (Å²) in [6.07, 6.45) is 2.33. The molecule has 0 aromatic heterocycles. The van der Waals surface area contributed by atoms with Crippen molar-refractivity contribution in [2.24, 2.45) is 0 Å². The van der Waals surface area contributed by atoms with E-state index in [1.807, 2.05) is 0 Å². The van der Waals surface area contributed by atoms with Gasteiger partial charge in [0.05, 0.1) is 0 Å². The van der Waals surface area contributed by atoms with Gasteiger partial charge in [0.2, 0.25) is 5.91 Å². The molecule has 0 aliphatic rings. The summed E-state index contributed by atoms with van der Waals surface area (Å²) < 4.78 is 1.09. The average molecular weight is 284 g/mol. The third-order valence-corrected chi connectivity index (χ3v) is 3.14. The number of nitrogens with one attached hydrogen (secondary N) is 1. The van der Waals surface area contributed by atoms with E-state index in [-0.39, 0.29) is 5.91 Å². The number of benzene rings is 1. The number of rotatable bonds is 5. The minimum absolute atomic E-state index is 0.134. The van der Waals surface area contributed by atoms with Gasteiger partial charge in [-0.15, -0.1) is 0 Å². The molecule has 16 heavy (non-hydrogen) atoms. The maximum absolute atomic E-state index is 11.4. The van der Waals surface area contributed by atoms with Gasteiger partial charge < -0.3 is 5.32 Å². The van der Waals surface area contributed by atoms with Crippen molar-refractivity contribution in [1.82, 2.24) is 5.32 Å². The predicted octanol–water partition coefficient (Wildman–Crippen LogP) is 3.22. The van der Waals surface area contributed by atoms with E-state index in [1.54, 1.807) is 0 Å². The molecule has 1 aromatic rings. The number of halogens is 1. The lowest BCUT2D eigenvalue weighted by molar-refractivity contribution is -0.121. The summed E-state index contributed by atoms with van der Waals surface area (Å²) in [5.74, 6) is 0.134. The van der Waals surface area contributed by atoms with Crippen molar-refractivity contribution in [3.8, 4) is 0 Å². The maximum Gasteiger partial charge on any atom is 0.220 e. The molecular weight excluding hydrogens is 266 g/mol. The zero-order valence-electron chi connectivity index (χ0n) is 9.85. The van der Waals surface area contributed by atoms with Gasteiger partial charge in [0.25, 0.3) is 0 Å². The molecule has 0 radical (unpaired) electrons. The van der Waals surface area contributed by atoms with Crippen molar-refractivity contribution in [1.29, 1.82) is 0 Å². The fourth-order valence-electron chi connectivity index (χ4n) is 1.46. The fraction of sp³-hybridized carbons (Fsp3) is 0.462. The summed E-state index contributed by atoms with van der Waals surface area (Å²) in [5.41, 5.74) is 2.42. The van der Waals surface area contributed by atoms with Gasteiger partial charge in [0, 0.05) is 17.4 Å². The zero-order valence-corrected chi connectivity index (χ0v) is 11.4. The second-order valence-corrected chi connectivity index (χ2v) is 4.80. The smallest absolute Gasteiger partial charge is 0.220 e. The Labute approximate surface area is 106 Å². The lowest BCUT2D eigenvalue weighted by atomic mass is 10.1. The standard InChI is InChI=1S/C13H18BrNO/c1-3-8-15-13(16)7-6-11-5-4-10(2)9-12(11)14/h4-5,9H,3,6-8H2,1-2H3,(H,15,16). The van der Waals surface area contributed by atoms with Gasteiger partial charge in [0.15, 0.2) is 0 Å². The highest BCUT2D eigenvalue weighted by Gasteiger charge is 2.04. The highest BCUT2D eigenvalue weighted by Crippen LogP contribution is 2.19. The summed E-state index contributed by atoms with van der Waals surface area (Å²) in [5, 5.41) is 2.88. The summed E-state index contributed by atoms with van der Waals surface area (Å²) in [7, 11) is 0. The third-order valence-electron chi connectivity index (χ3n) is 2.40. The molecular formula is C13H18BrNO. The third kappa shape index (κ3) is 4.35. The van der Waals surface area contributed by atoms with Crippen LogP contribution in [0.15, 0.2) is 22.7 Å². The number of carbonyl (C=O) groups excluding carboxylic acids is 1. The van der Waals surface area contributed by atoms with Crippen LogP contribution in [0, 0.1) is 6.92 Å². The number of amides is 1. The Bertz CT molecular complexity index is 363. The molecule has 1 amide bonds. The van der Waals surface area contributed by atoms with Gasteiger partial charge in [0.1, 0.15) is 0 Å². The van der Waals surface area contributed by atoms with Gasteiger partial charge in [-0.1, -0.05) is 35.0 Å². The molecule has 0 heterocycles. The topological polar surface area (TPSA) is 29.1 Å². The molecule has 0 spiro atoms. The molecule has 2 nitrogen and oxygen atoms in total. The Morgan fingerprint density at radius 1 is 1.44 bits per heavy atom. The molecule has 88 valence electrons. The van der Waals surface area contributed by atoms with E-state index in [4.69, 9.17) is 0 Å². The van der Waals surface area contributed by atoms with E-state index in [0.29, 0.717) is 6.42 Å². The molecule has 1 aromatic carbocycles. The molecule has 0 saturated heterocycles. The summed E-state index contributed by atoms with van der Waals surface area (Å²) in [6, 6.07) is 6.23. The monoisotopic (exact) mass is 283 g/mol. The van der Waals surface area contributed by atoms with Crippen molar-refractivity contribution in [3.63, 3.8) is 0 Å². The fourth-order valence-corrected chi connectivity index (χ4v) is 2.15. The number of aryl methyl sites for hydroxylation is 2. The van der Waals surface area contributed by atoms with Gasteiger partial charge in [-0.2, -0.15) is 0 Å². The summed E-state index contributed by atoms with van der Waals surface area (Å²) in [4.78, 5) is 11.4. The van der Waals surface area contributed by atoms with Crippen LogP contribution in [0.4, 0.5) is 0 Å². The van der Waals surface area contributed by atoms with Crippen LogP contribution in [0.2, 0.25) is 0 Å². The SMILES string of the molecule is CCCNC(=O)CCc1ccc(C)cc1Br. The van der Waals surface area contributed by atoms with Crippen molar-refractivity contribution < 1.29 is 4.79 Å². The lowest BCUT2D eigenvalue weighted by Crippen LogP contribution is -2.24. The molecule has 0 unspecified atom stereocenters. The first-order valence-electron chi connectivity index (χ1n) is 5.65. The van der Waals surface area contributed by atoms with Crippen LogP contribution in [0.1, 0.15) is 30.9 Å². The highest BCUT2D eigenvalue weighted by atomic mass is 79.9. The van der Waals surface area contributed by atoms with E-state index in [0.717, 1.165) is 23.9 Å². The van der Waals surface area contributed by atoms with E-state index >= 15 is 0 Å². The minimum Gasteiger partial charge on any atom is -0.356 e.